The van der Waals surface area contributed by atoms with Crippen molar-refractivity contribution >= 4 is 24.0 Å². The molecular weight excluding hydrogens is 405 g/mol. The van der Waals surface area contributed by atoms with E-state index in [4.69, 9.17) is 21.1 Å². The summed E-state index contributed by atoms with van der Waals surface area (Å²) < 4.78 is 12.0. The van der Waals surface area contributed by atoms with Gasteiger partial charge in [-0.1, -0.05) is 81.0 Å². The van der Waals surface area contributed by atoms with E-state index in [-0.39, 0.29) is 12.4 Å². The monoisotopic (exact) mass is 439 g/mol. The minimum atomic E-state index is 0. The van der Waals surface area contributed by atoms with Gasteiger partial charge < -0.3 is 14.8 Å². The second-order valence-corrected chi connectivity index (χ2v) is 7.41. The number of para-hydroxylation sites is 1. The third kappa shape index (κ3) is 9.29. The van der Waals surface area contributed by atoms with Crippen molar-refractivity contribution in [2.24, 2.45) is 0 Å². The summed E-state index contributed by atoms with van der Waals surface area (Å²) in [5, 5.41) is 4.27. The number of unbranched alkanes of at least 4 members (excludes halogenated alkanes) is 5. The van der Waals surface area contributed by atoms with E-state index in [2.05, 4.69) is 18.3 Å². The number of rotatable bonds is 14. The topological polar surface area (TPSA) is 30.5 Å². The lowest BCUT2D eigenvalue weighted by atomic mass is 10.1. The number of ether oxygens (including phenoxy) is 2. The quantitative estimate of drug-likeness (QED) is 0.315. The van der Waals surface area contributed by atoms with Gasteiger partial charge in [0.1, 0.15) is 6.61 Å². The van der Waals surface area contributed by atoms with Gasteiger partial charge in [-0.15, -0.1) is 12.4 Å². The van der Waals surface area contributed by atoms with Gasteiger partial charge in [-0.25, -0.2) is 0 Å². The molecule has 5 heteroatoms. The van der Waals surface area contributed by atoms with Crippen LogP contribution >= 0.6 is 24.0 Å². The molecule has 3 nitrogen and oxygen atoms in total. The molecule has 0 unspecified atom stereocenters. The number of nitrogens with one attached hydrogen (secondary N) is 1. The summed E-state index contributed by atoms with van der Waals surface area (Å²) in [6, 6.07) is 13.9. The van der Waals surface area contributed by atoms with Gasteiger partial charge in [-0.2, -0.15) is 0 Å². The smallest absolute Gasteiger partial charge is 0.166 e. The third-order valence-electron chi connectivity index (χ3n) is 4.71. The summed E-state index contributed by atoms with van der Waals surface area (Å²) in [7, 11) is 0. The van der Waals surface area contributed by atoms with Gasteiger partial charge in [-0.05, 0) is 32.0 Å². The minimum Gasteiger partial charge on any atom is -0.490 e. The lowest BCUT2D eigenvalue weighted by Gasteiger charge is -2.17. The fourth-order valence-electron chi connectivity index (χ4n) is 3.15. The van der Waals surface area contributed by atoms with Crippen LogP contribution in [-0.2, 0) is 13.2 Å². The van der Waals surface area contributed by atoms with Gasteiger partial charge in [0.15, 0.2) is 11.5 Å². The van der Waals surface area contributed by atoms with Crippen molar-refractivity contribution in [3.05, 3.63) is 58.6 Å². The van der Waals surface area contributed by atoms with Crippen LogP contribution in [-0.4, -0.2) is 13.2 Å². The molecule has 2 rings (SSSR count). The number of hydrogen-bond acceptors (Lipinski definition) is 3. The highest BCUT2D eigenvalue weighted by atomic mass is 35.5. The van der Waals surface area contributed by atoms with E-state index in [1.54, 1.807) is 0 Å². The summed E-state index contributed by atoms with van der Waals surface area (Å²) in [5.41, 5.74) is 2.09. The highest BCUT2D eigenvalue weighted by molar-refractivity contribution is 6.31. The first kappa shape index (κ1) is 25.6. The van der Waals surface area contributed by atoms with E-state index in [0.717, 1.165) is 40.7 Å². The molecule has 2 aromatic carbocycles. The first-order valence-electron chi connectivity index (χ1n) is 10.6. The Kier molecular flexibility index (Phi) is 13.6. The molecule has 0 saturated carbocycles. The molecule has 0 saturated heterocycles. The van der Waals surface area contributed by atoms with Crippen LogP contribution < -0.4 is 14.8 Å². The van der Waals surface area contributed by atoms with Crippen LogP contribution in [0.2, 0.25) is 5.02 Å². The molecule has 0 aliphatic carbocycles. The zero-order valence-electron chi connectivity index (χ0n) is 17.7. The van der Waals surface area contributed by atoms with E-state index >= 15 is 0 Å². The third-order valence-corrected chi connectivity index (χ3v) is 5.08. The van der Waals surface area contributed by atoms with Crippen LogP contribution in [0.4, 0.5) is 0 Å². The van der Waals surface area contributed by atoms with Gasteiger partial charge in [-0.3, -0.25) is 0 Å². The van der Waals surface area contributed by atoms with E-state index in [1.165, 1.54) is 38.5 Å². The Morgan fingerprint density at radius 2 is 1.55 bits per heavy atom. The SMILES string of the molecule is CCCCCCCCNCc1cccc(OCC)c1OCc1ccccc1Cl.Cl. The molecule has 2 aromatic rings. The van der Waals surface area contributed by atoms with Crippen molar-refractivity contribution in [1.82, 2.24) is 5.32 Å². The van der Waals surface area contributed by atoms with Gasteiger partial charge in [0, 0.05) is 22.7 Å². The molecule has 29 heavy (non-hydrogen) atoms. The summed E-state index contributed by atoms with van der Waals surface area (Å²) in [4.78, 5) is 0. The summed E-state index contributed by atoms with van der Waals surface area (Å²) in [6.07, 6.45) is 7.84. The molecule has 0 aliphatic heterocycles. The molecule has 1 N–H and O–H groups in total. The van der Waals surface area contributed by atoms with Crippen molar-refractivity contribution in [3.8, 4) is 11.5 Å². The minimum absolute atomic E-state index is 0. The molecule has 162 valence electrons. The van der Waals surface area contributed by atoms with Crippen molar-refractivity contribution in [2.75, 3.05) is 13.2 Å². The molecule has 0 aromatic heterocycles. The van der Waals surface area contributed by atoms with Crippen LogP contribution in [0.25, 0.3) is 0 Å². The van der Waals surface area contributed by atoms with Gasteiger partial charge in [0.25, 0.3) is 0 Å². The van der Waals surface area contributed by atoms with Gasteiger partial charge in [0.05, 0.1) is 6.61 Å². The van der Waals surface area contributed by atoms with Crippen LogP contribution in [0.5, 0.6) is 11.5 Å². The number of benzene rings is 2. The predicted molar refractivity (Wildman–Crippen MR) is 126 cm³/mol. The average molecular weight is 440 g/mol. The number of hydrogen-bond donors (Lipinski definition) is 1. The summed E-state index contributed by atoms with van der Waals surface area (Å²) in [6.45, 7) is 7.07. The summed E-state index contributed by atoms with van der Waals surface area (Å²) in [5.74, 6) is 1.59. The van der Waals surface area contributed by atoms with Crippen LogP contribution in [0.3, 0.4) is 0 Å². The Morgan fingerprint density at radius 3 is 2.31 bits per heavy atom. The Hall–Kier alpha value is -1.42. The molecule has 0 atom stereocenters. The molecule has 0 aliphatic rings. The standard InChI is InChI=1S/C24H34ClNO2.ClH/c1-3-5-6-7-8-11-17-26-18-20-14-12-16-23(27-4-2)24(20)28-19-21-13-9-10-15-22(21)25;/h9-10,12-16,26H,3-8,11,17-19H2,1-2H3;1H. The largest absolute Gasteiger partial charge is 0.490 e. The number of halogens is 2. The van der Waals surface area contributed by atoms with Crippen molar-refractivity contribution < 1.29 is 9.47 Å². The predicted octanol–water partition coefficient (Wildman–Crippen LogP) is 7.19. The average Bonchev–Trinajstić information content (AvgIpc) is 2.70. The second kappa shape index (κ2) is 15.4. The van der Waals surface area contributed by atoms with Gasteiger partial charge in [0.2, 0.25) is 0 Å². The van der Waals surface area contributed by atoms with Crippen LogP contribution in [0.15, 0.2) is 42.5 Å². The molecule has 0 heterocycles. The van der Waals surface area contributed by atoms with Crippen molar-refractivity contribution in [3.63, 3.8) is 0 Å². The molecule has 0 amide bonds. The first-order chi connectivity index (χ1) is 13.8. The van der Waals surface area contributed by atoms with E-state index in [1.807, 2.05) is 43.3 Å². The zero-order chi connectivity index (χ0) is 20.0. The first-order valence-corrected chi connectivity index (χ1v) is 11.0. The highest BCUT2D eigenvalue weighted by Crippen LogP contribution is 2.32. The fraction of sp³-hybridized carbons (Fsp3) is 0.500. The lowest BCUT2D eigenvalue weighted by Crippen LogP contribution is -2.16. The Labute approximate surface area is 187 Å². The Bertz CT molecular complexity index is 694. The maximum absolute atomic E-state index is 6.27. The van der Waals surface area contributed by atoms with E-state index < -0.39 is 0 Å². The van der Waals surface area contributed by atoms with E-state index in [9.17, 15) is 0 Å². The van der Waals surface area contributed by atoms with E-state index in [0.29, 0.717) is 13.2 Å². The molecule has 0 radical (unpaired) electrons. The normalized spacial score (nSPS) is 10.4. The van der Waals surface area contributed by atoms with Crippen molar-refractivity contribution in [2.45, 2.75) is 65.5 Å². The van der Waals surface area contributed by atoms with Crippen LogP contribution in [0.1, 0.15) is 63.5 Å². The summed E-state index contributed by atoms with van der Waals surface area (Å²) >= 11 is 6.27. The Morgan fingerprint density at radius 1 is 0.828 bits per heavy atom. The van der Waals surface area contributed by atoms with Crippen molar-refractivity contribution in [1.29, 1.82) is 0 Å². The fourth-order valence-corrected chi connectivity index (χ4v) is 3.34. The highest BCUT2D eigenvalue weighted by Gasteiger charge is 2.12. The lowest BCUT2D eigenvalue weighted by molar-refractivity contribution is 0.266. The maximum atomic E-state index is 6.27. The molecule has 0 spiro atoms. The second-order valence-electron chi connectivity index (χ2n) is 7.00. The molecule has 0 bridgehead atoms. The molecule has 0 fully saturated rings. The van der Waals surface area contributed by atoms with Gasteiger partial charge >= 0.3 is 0 Å². The molecular formula is C24H35Cl2NO2. The maximum Gasteiger partial charge on any atom is 0.166 e. The zero-order valence-corrected chi connectivity index (χ0v) is 19.3. The van der Waals surface area contributed by atoms with Crippen LogP contribution in [0, 0.1) is 0 Å². The Balaban J connectivity index is 0.00000420.